The molecule has 1 heterocycles. The van der Waals surface area contributed by atoms with Crippen LogP contribution in [0.2, 0.25) is 0 Å². The first-order chi connectivity index (χ1) is 17.3. The van der Waals surface area contributed by atoms with Crippen LogP contribution in [0.25, 0.3) is 43.8 Å². The number of unbranched alkanes of at least 4 members (excludes halogenated alkanes) is 1. The van der Waals surface area contributed by atoms with E-state index in [1.54, 1.807) is 10.6 Å². The van der Waals surface area contributed by atoms with E-state index < -0.39 is 0 Å². The molecule has 0 fully saturated rings. The van der Waals surface area contributed by atoms with Crippen LogP contribution in [-0.4, -0.2) is 6.16 Å². The molecule has 1 aliphatic rings. The molecule has 0 saturated heterocycles. The molecule has 0 radical (unpaired) electrons. The summed E-state index contributed by atoms with van der Waals surface area (Å²) >= 11 is 0. The maximum Gasteiger partial charge on any atom is 4.00 e. The maximum atomic E-state index is 2.45. The SMILES string of the molecule is CCCCP1c2cc3c(cccc3[cH-]2)-c2ccccc21.[F-].[F-].[Zr+4].c1ccc(-c2cccc3[cH-]ccc23)cc1. The number of fused-ring (bicyclic) bond motifs is 4. The Morgan fingerprint density at radius 2 is 1.34 bits per heavy atom. The van der Waals surface area contributed by atoms with Gasteiger partial charge in [-0.15, -0.1) is 63.2 Å². The van der Waals surface area contributed by atoms with Gasteiger partial charge in [-0.25, -0.2) is 0 Å². The summed E-state index contributed by atoms with van der Waals surface area (Å²) in [6.45, 7) is 2.29. The van der Waals surface area contributed by atoms with Crippen LogP contribution < -0.4 is 20.0 Å². The van der Waals surface area contributed by atoms with Gasteiger partial charge in [-0.2, -0.15) is 18.2 Å². The van der Waals surface area contributed by atoms with Gasteiger partial charge in [0.15, 0.2) is 0 Å². The molecule has 0 nitrogen and oxygen atoms in total. The molecule has 6 aromatic rings. The van der Waals surface area contributed by atoms with Crippen molar-refractivity contribution in [2.75, 3.05) is 6.16 Å². The van der Waals surface area contributed by atoms with Crippen molar-refractivity contribution in [3.63, 3.8) is 0 Å². The Balaban J connectivity index is 0.000000202. The standard InChI is InChI=1S/C19H18P.C15H11.2FH.Zr/c1-2-3-11-20-15-12-14-7-6-9-16(18(14)13-15)17-8-4-5-10-19(17)20;1-2-6-12(7-3-1)14-10-4-8-13-9-5-11-15(13)14;;;/h4-10,12-13H,2-3,11H2,1H3;1-11H;2*1H;/q2*-1;;;+4/p-2. The van der Waals surface area contributed by atoms with Crippen LogP contribution in [0.1, 0.15) is 19.8 Å². The Morgan fingerprint density at radius 1 is 0.658 bits per heavy atom. The van der Waals surface area contributed by atoms with Gasteiger partial charge in [0.1, 0.15) is 0 Å². The molecule has 1 aliphatic heterocycles. The second kappa shape index (κ2) is 13.4. The first kappa shape index (κ1) is 29.8. The van der Waals surface area contributed by atoms with Crippen LogP contribution in [0.5, 0.6) is 0 Å². The summed E-state index contributed by atoms with van der Waals surface area (Å²) in [4.78, 5) is 0. The minimum atomic E-state index is -0.178. The largest absolute Gasteiger partial charge is 4.00 e. The predicted molar refractivity (Wildman–Crippen MR) is 156 cm³/mol. The van der Waals surface area contributed by atoms with Crippen LogP contribution in [-0.2, 0) is 26.2 Å². The van der Waals surface area contributed by atoms with Crippen molar-refractivity contribution >= 4 is 40.1 Å². The fourth-order valence-corrected chi connectivity index (χ4v) is 8.02. The summed E-state index contributed by atoms with van der Waals surface area (Å²) in [5.41, 5.74) is 5.49. The molecule has 1 atom stereocenters. The average molecular weight is 598 g/mol. The molecule has 0 aromatic heterocycles. The summed E-state index contributed by atoms with van der Waals surface area (Å²) < 4.78 is 0. The molecule has 0 saturated carbocycles. The number of rotatable bonds is 4. The molecular formula is C34H29F2PZr. The van der Waals surface area contributed by atoms with E-state index in [9.17, 15) is 0 Å². The zero-order chi connectivity index (χ0) is 23.6. The van der Waals surface area contributed by atoms with Gasteiger partial charge in [0.25, 0.3) is 0 Å². The Bertz CT molecular complexity index is 1600. The smallest absolute Gasteiger partial charge is 1.00 e. The monoisotopic (exact) mass is 596 g/mol. The van der Waals surface area contributed by atoms with Crippen molar-refractivity contribution in [2.45, 2.75) is 19.8 Å². The maximum absolute atomic E-state index is 2.45. The zero-order valence-electron chi connectivity index (χ0n) is 21.4. The molecule has 0 spiro atoms. The number of hydrogen-bond acceptors (Lipinski definition) is 0. The average Bonchev–Trinajstić information content (AvgIpc) is 3.54. The topological polar surface area (TPSA) is 0 Å². The summed E-state index contributed by atoms with van der Waals surface area (Å²) in [7, 11) is -0.178. The molecule has 188 valence electrons. The second-order valence-corrected chi connectivity index (χ2v) is 11.5. The fraction of sp³-hybridized carbons (Fsp3) is 0.118. The van der Waals surface area contributed by atoms with E-state index in [1.807, 2.05) is 0 Å². The van der Waals surface area contributed by atoms with Crippen molar-refractivity contribution in [1.82, 2.24) is 0 Å². The van der Waals surface area contributed by atoms with Gasteiger partial charge in [-0.1, -0.05) is 99.1 Å². The minimum absolute atomic E-state index is 0. The number of halogens is 2. The molecule has 4 heteroatoms. The molecule has 1 unspecified atom stereocenters. The molecule has 38 heavy (non-hydrogen) atoms. The molecule has 7 rings (SSSR count). The number of benzene rings is 4. The first-order valence-electron chi connectivity index (χ1n) is 12.6. The van der Waals surface area contributed by atoms with Gasteiger partial charge in [-0.3, -0.25) is 0 Å². The molecule has 0 N–H and O–H groups in total. The summed E-state index contributed by atoms with van der Waals surface area (Å²) in [6, 6.07) is 44.1. The van der Waals surface area contributed by atoms with E-state index >= 15 is 0 Å². The second-order valence-electron chi connectivity index (χ2n) is 9.24. The van der Waals surface area contributed by atoms with Crippen molar-refractivity contribution in [2.24, 2.45) is 0 Å². The van der Waals surface area contributed by atoms with Gasteiger partial charge in [0, 0.05) is 0 Å². The summed E-state index contributed by atoms with van der Waals surface area (Å²) in [5.74, 6) is 0. The Morgan fingerprint density at radius 3 is 2.13 bits per heavy atom. The van der Waals surface area contributed by atoms with Crippen LogP contribution in [0.4, 0.5) is 0 Å². The van der Waals surface area contributed by atoms with Crippen LogP contribution in [0.15, 0.2) is 121 Å². The number of hydrogen-bond donors (Lipinski definition) is 0. The quantitative estimate of drug-likeness (QED) is 0.217. The van der Waals surface area contributed by atoms with Gasteiger partial charge in [0.05, 0.1) is 0 Å². The van der Waals surface area contributed by atoms with Crippen LogP contribution in [0, 0.1) is 0 Å². The van der Waals surface area contributed by atoms with Crippen molar-refractivity contribution in [1.29, 1.82) is 0 Å². The third-order valence-electron chi connectivity index (χ3n) is 7.03. The summed E-state index contributed by atoms with van der Waals surface area (Å²) in [5, 5.41) is 8.66. The summed E-state index contributed by atoms with van der Waals surface area (Å²) in [6.07, 6.45) is 3.93. The Labute approximate surface area is 244 Å². The first-order valence-corrected chi connectivity index (χ1v) is 14.1. The van der Waals surface area contributed by atoms with Gasteiger partial charge >= 0.3 is 26.2 Å². The van der Waals surface area contributed by atoms with E-state index in [-0.39, 0.29) is 43.5 Å². The molecule has 2 bridgehead atoms. The zero-order valence-corrected chi connectivity index (χ0v) is 24.7. The Kier molecular flexibility index (Phi) is 10.5. The molecule has 0 amide bonds. The molecule has 6 aromatic carbocycles. The van der Waals surface area contributed by atoms with Crippen molar-refractivity contribution in [3.05, 3.63) is 121 Å². The predicted octanol–water partition coefficient (Wildman–Crippen LogP) is 3.00. The third-order valence-corrected chi connectivity index (χ3v) is 9.65. The van der Waals surface area contributed by atoms with Crippen LogP contribution >= 0.6 is 7.92 Å². The van der Waals surface area contributed by atoms with E-state index in [0.717, 1.165) is 0 Å². The van der Waals surface area contributed by atoms with E-state index in [4.69, 9.17) is 0 Å². The van der Waals surface area contributed by atoms with Crippen molar-refractivity contribution in [3.8, 4) is 22.3 Å². The fourth-order valence-electron chi connectivity index (χ4n) is 5.28. The van der Waals surface area contributed by atoms with Gasteiger partial charge in [-0.05, 0) is 29.0 Å². The van der Waals surface area contributed by atoms with E-state index in [0.29, 0.717) is 0 Å². The molecule has 0 aliphatic carbocycles. The minimum Gasteiger partial charge on any atom is -1.00 e. The van der Waals surface area contributed by atoms with Gasteiger partial charge in [0.2, 0.25) is 0 Å². The van der Waals surface area contributed by atoms with E-state index in [1.165, 1.54) is 62.8 Å². The molecular weight excluding hydrogens is 569 g/mol. The van der Waals surface area contributed by atoms with Crippen molar-refractivity contribution < 1.29 is 35.6 Å². The van der Waals surface area contributed by atoms with E-state index in [2.05, 4.69) is 128 Å². The van der Waals surface area contributed by atoms with Crippen LogP contribution in [0.3, 0.4) is 0 Å². The van der Waals surface area contributed by atoms with Gasteiger partial charge < -0.3 is 9.41 Å². The normalized spacial score (nSPS) is 12.8. The Hall–Kier alpha value is -2.73. The third kappa shape index (κ3) is 5.66.